The van der Waals surface area contributed by atoms with Crippen molar-refractivity contribution in [3.05, 3.63) is 22.4 Å². The summed E-state index contributed by atoms with van der Waals surface area (Å²) >= 11 is 1.86. The van der Waals surface area contributed by atoms with Crippen molar-refractivity contribution >= 4 is 11.3 Å². The van der Waals surface area contributed by atoms with E-state index in [1.54, 1.807) is 0 Å². The maximum absolute atomic E-state index is 3.80. The summed E-state index contributed by atoms with van der Waals surface area (Å²) in [6.07, 6.45) is 4.18. The van der Waals surface area contributed by atoms with Gasteiger partial charge in [-0.25, -0.2) is 0 Å². The van der Waals surface area contributed by atoms with Gasteiger partial charge in [0.1, 0.15) is 0 Å². The van der Waals surface area contributed by atoms with Gasteiger partial charge in [0.15, 0.2) is 0 Å². The van der Waals surface area contributed by atoms with E-state index in [1.807, 2.05) is 11.3 Å². The molecule has 1 aromatic rings. The molecule has 1 aromatic heterocycles. The largest absolute Gasteiger partial charge is 0.309 e. The number of nitrogens with one attached hydrogen (secondary N) is 1. The molecule has 3 atom stereocenters. The minimum atomic E-state index is 0.723. The van der Waals surface area contributed by atoms with Gasteiger partial charge in [0.05, 0.1) is 0 Å². The van der Waals surface area contributed by atoms with Crippen molar-refractivity contribution < 1.29 is 0 Å². The van der Waals surface area contributed by atoms with Crippen molar-refractivity contribution in [3.63, 3.8) is 0 Å². The average Bonchev–Trinajstić information content (AvgIpc) is 2.78. The molecule has 1 aliphatic rings. The van der Waals surface area contributed by atoms with Gasteiger partial charge < -0.3 is 5.32 Å². The SMILES string of the molecule is CC1CCC(C(C)C)C(NCc2cccs2)C1. The van der Waals surface area contributed by atoms with Gasteiger partial charge >= 0.3 is 0 Å². The van der Waals surface area contributed by atoms with Crippen molar-refractivity contribution in [1.29, 1.82) is 0 Å². The Balaban J connectivity index is 1.90. The van der Waals surface area contributed by atoms with Crippen LogP contribution < -0.4 is 5.32 Å². The summed E-state index contributed by atoms with van der Waals surface area (Å²) in [5.41, 5.74) is 0. The lowest BCUT2D eigenvalue weighted by atomic mass is 9.74. The Labute approximate surface area is 110 Å². The Bertz CT molecular complexity index is 318. The zero-order chi connectivity index (χ0) is 12.3. The highest BCUT2D eigenvalue weighted by Crippen LogP contribution is 2.33. The predicted octanol–water partition coefficient (Wildman–Crippen LogP) is 4.30. The molecule has 1 aliphatic carbocycles. The van der Waals surface area contributed by atoms with Crippen LogP contribution in [0.15, 0.2) is 17.5 Å². The molecule has 1 N–H and O–H groups in total. The van der Waals surface area contributed by atoms with Crippen molar-refractivity contribution in [2.75, 3.05) is 0 Å². The van der Waals surface area contributed by atoms with Crippen LogP contribution in [-0.4, -0.2) is 6.04 Å². The Kier molecular flexibility index (Phi) is 4.63. The summed E-state index contributed by atoms with van der Waals surface area (Å²) < 4.78 is 0. The molecule has 1 saturated carbocycles. The Morgan fingerprint density at radius 3 is 2.88 bits per heavy atom. The van der Waals surface area contributed by atoms with E-state index in [9.17, 15) is 0 Å². The summed E-state index contributed by atoms with van der Waals surface area (Å²) in [5.74, 6) is 2.57. The minimum Gasteiger partial charge on any atom is -0.309 e. The fraction of sp³-hybridized carbons (Fsp3) is 0.733. The van der Waals surface area contributed by atoms with E-state index in [0.717, 1.165) is 30.3 Å². The molecule has 0 spiro atoms. The van der Waals surface area contributed by atoms with E-state index < -0.39 is 0 Å². The lowest BCUT2D eigenvalue weighted by molar-refractivity contribution is 0.169. The first-order valence-electron chi connectivity index (χ1n) is 6.92. The summed E-state index contributed by atoms with van der Waals surface area (Å²) in [6, 6.07) is 5.10. The van der Waals surface area contributed by atoms with E-state index in [4.69, 9.17) is 0 Å². The van der Waals surface area contributed by atoms with Gasteiger partial charge in [0, 0.05) is 17.5 Å². The molecule has 0 saturated heterocycles. The number of thiophene rings is 1. The zero-order valence-corrected chi connectivity index (χ0v) is 12.1. The van der Waals surface area contributed by atoms with Crippen molar-refractivity contribution in [2.24, 2.45) is 17.8 Å². The van der Waals surface area contributed by atoms with Crippen LogP contribution >= 0.6 is 11.3 Å². The number of hydrogen-bond donors (Lipinski definition) is 1. The molecule has 2 rings (SSSR count). The third-order valence-electron chi connectivity index (χ3n) is 4.14. The molecule has 1 fully saturated rings. The van der Waals surface area contributed by atoms with Crippen LogP contribution in [-0.2, 0) is 6.54 Å². The minimum absolute atomic E-state index is 0.723. The van der Waals surface area contributed by atoms with E-state index in [0.29, 0.717) is 0 Å². The molecule has 96 valence electrons. The summed E-state index contributed by atoms with van der Waals surface area (Å²) in [7, 11) is 0. The molecular formula is C15H25NS. The first-order chi connectivity index (χ1) is 8.16. The number of hydrogen-bond acceptors (Lipinski definition) is 2. The molecule has 2 heteroatoms. The summed E-state index contributed by atoms with van der Waals surface area (Å²) in [5, 5.41) is 5.96. The maximum Gasteiger partial charge on any atom is 0.0302 e. The molecule has 0 aliphatic heterocycles. The van der Waals surface area contributed by atoms with E-state index >= 15 is 0 Å². The lowest BCUT2D eigenvalue weighted by Crippen LogP contribution is -2.42. The topological polar surface area (TPSA) is 12.0 Å². The van der Waals surface area contributed by atoms with E-state index in [-0.39, 0.29) is 0 Å². The Hall–Kier alpha value is -0.340. The second kappa shape index (κ2) is 6.01. The quantitative estimate of drug-likeness (QED) is 0.841. The highest BCUT2D eigenvalue weighted by atomic mass is 32.1. The van der Waals surface area contributed by atoms with Crippen LogP contribution in [0.1, 0.15) is 44.9 Å². The van der Waals surface area contributed by atoms with Crippen LogP contribution in [0.25, 0.3) is 0 Å². The fourth-order valence-corrected chi connectivity index (χ4v) is 3.74. The number of rotatable bonds is 4. The second-order valence-corrected chi connectivity index (χ2v) is 6.93. The molecule has 17 heavy (non-hydrogen) atoms. The summed E-state index contributed by atoms with van der Waals surface area (Å²) in [4.78, 5) is 1.46. The Morgan fingerprint density at radius 2 is 2.24 bits per heavy atom. The smallest absolute Gasteiger partial charge is 0.0302 e. The first-order valence-corrected chi connectivity index (χ1v) is 7.80. The van der Waals surface area contributed by atoms with Gasteiger partial charge in [-0.2, -0.15) is 0 Å². The maximum atomic E-state index is 3.80. The lowest BCUT2D eigenvalue weighted by Gasteiger charge is -2.38. The van der Waals surface area contributed by atoms with E-state index in [1.165, 1.54) is 24.1 Å². The summed E-state index contributed by atoms with van der Waals surface area (Å²) in [6.45, 7) is 8.20. The standard InChI is InChI=1S/C15H25NS/c1-11(2)14-7-6-12(3)9-15(14)16-10-13-5-4-8-17-13/h4-5,8,11-12,14-16H,6-7,9-10H2,1-3H3. The third-order valence-corrected chi connectivity index (χ3v) is 5.02. The van der Waals surface area contributed by atoms with Crippen LogP contribution in [0.3, 0.4) is 0 Å². The fourth-order valence-electron chi connectivity index (χ4n) is 3.08. The van der Waals surface area contributed by atoms with Gasteiger partial charge in [0.25, 0.3) is 0 Å². The molecule has 1 heterocycles. The van der Waals surface area contributed by atoms with Crippen molar-refractivity contribution in [3.8, 4) is 0 Å². The van der Waals surface area contributed by atoms with Gasteiger partial charge in [-0.1, -0.05) is 33.3 Å². The average molecular weight is 251 g/mol. The zero-order valence-electron chi connectivity index (χ0n) is 11.3. The highest BCUT2D eigenvalue weighted by molar-refractivity contribution is 7.09. The highest BCUT2D eigenvalue weighted by Gasteiger charge is 2.30. The molecule has 0 bridgehead atoms. The van der Waals surface area contributed by atoms with Crippen molar-refractivity contribution in [1.82, 2.24) is 5.32 Å². The monoisotopic (exact) mass is 251 g/mol. The second-order valence-electron chi connectivity index (χ2n) is 5.89. The predicted molar refractivity (Wildman–Crippen MR) is 76.3 cm³/mol. The van der Waals surface area contributed by atoms with Gasteiger partial charge in [-0.15, -0.1) is 11.3 Å². The van der Waals surface area contributed by atoms with Crippen LogP contribution in [0.5, 0.6) is 0 Å². The van der Waals surface area contributed by atoms with Gasteiger partial charge in [0.2, 0.25) is 0 Å². The molecule has 1 nitrogen and oxygen atoms in total. The van der Waals surface area contributed by atoms with Gasteiger partial charge in [-0.05, 0) is 42.0 Å². The molecular weight excluding hydrogens is 226 g/mol. The van der Waals surface area contributed by atoms with Crippen LogP contribution in [0, 0.1) is 17.8 Å². The van der Waals surface area contributed by atoms with Crippen molar-refractivity contribution in [2.45, 2.75) is 52.6 Å². The van der Waals surface area contributed by atoms with E-state index in [2.05, 4.69) is 43.6 Å². The molecule has 0 amide bonds. The molecule has 3 unspecified atom stereocenters. The first kappa shape index (κ1) is 13.1. The molecule has 0 aromatic carbocycles. The van der Waals surface area contributed by atoms with Gasteiger partial charge in [-0.3, -0.25) is 0 Å². The van der Waals surface area contributed by atoms with Crippen LogP contribution in [0.2, 0.25) is 0 Å². The third kappa shape index (κ3) is 3.56. The van der Waals surface area contributed by atoms with Crippen LogP contribution in [0.4, 0.5) is 0 Å². The normalized spacial score (nSPS) is 29.8. The molecule has 0 radical (unpaired) electrons. The Morgan fingerprint density at radius 1 is 1.41 bits per heavy atom.